The molecule has 1 N–H and O–H groups in total. The van der Waals surface area contributed by atoms with Gasteiger partial charge >= 0.3 is 12.1 Å². The van der Waals surface area contributed by atoms with Crippen LogP contribution in [-0.2, 0) is 20.5 Å². The van der Waals surface area contributed by atoms with Gasteiger partial charge in [-0.25, -0.2) is 4.79 Å². The van der Waals surface area contributed by atoms with E-state index in [0.717, 1.165) is 12.1 Å². The lowest BCUT2D eigenvalue weighted by Crippen LogP contribution is -2.32. The number of para-hydroxylation sites is 1. The number of nitrogens with one attached hydrogen (secondary N) is 1. The van der Waals surface area contributed by atoms with E-state index in [1.807, 2.05) is 0 Å². The Balaban J connectivity index is 3.44. The number of carboxylic acids is 1. The van der Waals surface area contributed by atoms with Gasteiger partial charge in [-0.1, -0.05) is 26.0 Å². The quantitative estimate of drug-likeness (QED) is 0.351. The van der Waals surface area contributed by atoms with Crippen molar-refractivity contribution in [3.05, 3.63) is 41.1 Å². The molecule has 0 spiro atoms. The Morgan fingerprint density at radius 2 is 1.84 bits per heavy atom. The number of rotatable bonds is 7. The van der Waals surface area contributed by atoms with E-state index < -0.39 is 29.3 Å². The van der Waals surface area contributed by atoms with Gasteiger partial charge in [-0.2, -0.15) is 13.2 Å². The number of allylic oxidation sites excluding steroid dienone is 1. The molecule has 0 radical (unpaired) electrons. The number of benzene rings is 1. The molecule has 1 aromatic carbocycles. The highest BCUT2D eigenvalue weighted by Gasteiger charge is 2.33. The average Bonchev–Trinajstić information content (AvgIpc) is 2.45. The number of carbonyl (C=O) groups excluding carboxylic acids is 2. The maximum Gasteiger partial charge on any atom is 0.418 e. The second kappa shape index (κ2) is 8.55. The van der Waals surface area contributed by atoms with Gasteiger partial charge < -0.3 is 20.0 Å². The molecular formula is C17H19F3NO4-. The lowest BCUT2D eigenvalue weighted by atomic mass is 10.0. The molecule has 0 aliphatic rings. The summed E-state index contributed by atoms with van der Waals surface area (Å²) in [4.78, 5) is 23.3. The number of carbonyl (C=O) groups is 2. The summed E-state index contributed by atoms with van der Waals surface area (Å²) in [6.45, 7) is 4.87. The summed E-state index contributed by atoms with van der Waals surface area (Å²) in [5.41, 5.74) is -2.33. The lowest BCUT2D eigenvalue weighted by Gasteiger charge is -2.21. The summed E-state index contributed by atoms with van der Waals surface area (Å²) >= 11 is 0. The third kappa shape index (κ3) is 5.81. The topological polar surface area (TPSA) is 78.5 Å². The van der Waals surface area contributed by atoms with E-state index in [9.17, 15) is 27.9 Å². The van der Waals surface area contributed by atoms with E-state index in [4.69, 9.17) is 0 Å². The Kier molecular flexibility index (Phi) is 7.02. The summed E-state index contributed by atoms with van der Waals surface area (Å²) in [7, 11) is 0. The summed E-state index contributed by atoms with van der Waals surface area (Å²) in [6, 6.07) is 4.60. The summed E-state index contributed by atoms with van der Waals surface area (Å²) < 4.78 is 44.1. The zero-order valence-electron chi connectivity index (χ0n) is 14.1. The van der Waals surface area contributed by atoms with Crippen molar-refractivity contribution in [1.29, 1.82) is 0 Å². The molecule has 5 nitrogen and oxygen atoms in total. The second-order valence-electron chi connectivity index (χ2n) is 5.63. The number of hydrogen-bond acceptors (Lipinski definition) is 5. The maximum absolute atomic E-state index is 13.1. The summed E-state index contributed by atoms with van der Waals surface area (Å²) in [5, 5.41) is 13.8. The van der Waals surface area contributed by atoms with Crippen molar-refractivity contribution in [2.45, 2.75) is 33.4 Å². The predicted octanol–water partition coefficient (Wildman–Crippen LogP) is 2.73. The minimum Gasteiger partial charge on any atom is -0.544 e. The van der Waals surface area contributed by atoms with Crippen molar-refractivity contribution >= 4 is 17.6 Å². The zero-order chi connectivity index (χ0) is 19.2. The van der Waals surface area contributed by atoms with Crippen LogP contribution in [0.25, 0.3) is 0 Å². The van der Waals surface area contributed by atoms with Gasteiger partial charge in [0.25, 0.3) is 0 Å². The van der Waals surface area contributed by atoms with Crippen molar-refractivity contribution in [2.75, 3.05) is 11.9 Å². The van der Waals surface area contributed by atoms with Crippen LogP contribution in [0.4, 0.5) is 18.9 Å². The van der Waals surface area contributed by atoms with Gasteiger partial charge in [-0.3, -0.25) is 0 Å². The van der Waals surface area contributed by atoms with Crippen molar-refractivity contribution < 1.29 is 32.6 Å². The third-order valence-corrected chi connectivity index (χ3v) is 3.12. The molecular weight excluding hydrogens is 339 g/mol. The van der Waals surface area contributed by atoms with E-state index in [2.05, 4.69) is 10.1 Å². The standard InChI is InChI=1S/C17H20F3NO4/c1-4-25-16(24)14(15(22)23)13(9-10(2)3)21-12-8-6-5-7-11(12)17(18,19)20/h5-8,10,21H,4,9H2,1-3H3,(H,22,23)/p-1. The van der Waals surface area contributed by atoms with E-state index in [1.165, 1.54) is 19.1 Å². The normalized spacial score (nSPS) is 12.6. The van der Waals surface area contributed by atoms with E-state index in [1.54, 1.807) is 13.8 Å². The number of halogens is 3. The number of ether oxygens (including phenoxy) is 1. The predicted molar refractivity (Wildman–Crippen MR) is 83.2 cm³/mol. The van der Waals surface area contributed by atoms with E-state index >= 15 is 0 Å². The Morgan fingerprint density at radius 1 is 1.24 bits per heavy atom. The highest BCUT2D eigenvalue weighted by molar-refractivity contribution is 6.13. The zero-order valence-corrected chi connectivity index (χ0v) is 14.1. The molecule has 0 heterocycles. The largest absolute Gasteiger partial charge is 0.544 e. The first-order valence-corrected chi connectivity index (χ1v) is 7.62. The van der Waals surface area contributed by atoms with E-state index in [-0.39, 0.29) is 30.3 Å². The van der Waals surface area contributed by atoms with Crippen LogP contribution in [-0.4, -0.2) is 18.5 Å². The minimum absolute atomic E-state index is 0.0221. The van der Waals surface area contributed by atoms with E-state index in [0.29, 0.717) is 0 Å². The summed E-state index contributed by atoms with van der Waals surface area (Å²) in [6.07, 6.45) is -4.62. The van der Waals surface area contributed by atoms with Crippen molar-refractivity contribution in [3.63, 3.8) is 0 Å². The van der Waals surface area contributed by atoms with Crippen LogP contribution in [0.3, 0.4) is 0 Å². The number of hydrogen-bond donors (Lipinski definition) is 1. The van der Waals surface area contributed by atoms with Gasteiger partial charge in [0, 0.05) is 5.70 Å². The van der Waals surface area contributed by atoms with Crippen LogP contribution in [0.15, 0.2) is 35.5 Å². The number of carboxylic acid groups (broad SMARTS) is 1. The molecule has 0 amide bonds. The molecule has 1 rings (SSSR count). The molecule has 0 aliphatic carbocycles. The second-order valence-corrected chi connectivity index (χ2v) is 5.63. The smallest absolute Gasteiger partial charge is 0.418 e. The maximum atomic E-state index is 13.1. The first-order chi connectivity index (χ1) is 11.6. The molecule has 0 aromatic heterocycles. The molecule has 0 saturated heterocycles. The fourth-order valence-electron chi connectivity index (χ4n) is 2.16. The fraction of sp³-hybridized carbons (Fsp3) is 0.412. The molecule has 0 fully saturated rings. The number of anilines is 1. The van der Waals surface area contributed by atoms with Gasteiger partial charge in [0.15, 0.2) is 0 Å². The average molecular weight is 358 g/mol. The number of aliphatic carboxylic acids is 1. The molecule has 0 unspecified atom stereocenters. The van der Waals surface area contributed by atoms with Crippen molar-refractivity contribution in [1.82, 2.24) is 0 Å². The van der Waals surface area contributed by atoms with Crippen LogP contribution in [0.2, 0.25) is 0 Å². The highest BCUT2D eigenvalue weighted by Crippen LogP contribution is 2.35. The first kappa shape index (κ1) is 20.5. The lowest BCUT2D eigenvalue weighted by molar-refractivity contribution is -0.299. The molecule has 1 aromatic rings. The van der Waals surface area contributed by atoms with Crippen molar-refractivity contribution in [3.8, 4) is 0 Å². The molecule has 0 bridgehead atoms. The van der Waals surface area contributed by atoms with Gasteiger partial charge in [0.05, 0.1) is 23.8 Å². The Morgan fingerprint density at radius 3 is 2.32 bits per heavy atom. The molecule has 0 atom stereocenters. The van der Waals surface area contributed by atoms with Gasteiger partial charge in [-0.15, -0.1) is 0 Å². The molecule has 0 saturated carbocycles. The molecule has 25 heavy (non-hydrogen) atoms. The van der Waals surface area contributed by atoms with Crippen LogP contribution >= 0.6 is 0 Å². The van der Waals surface area contributed by atoms with Crippen LogP contribution in [0.1, 0.15) is 32.8 Å². The van der Waals surface area contributed by atoms with Crippen LogP contribution in [0, 0.1) is 5.92 Å². The Hall–Kier alpha value is -2.51. The molecule has 8 heteroatoms. The van der Waals surface area contributed by atoms with Crippen LogP contribution in [0.5, 0.6) is 0 Å². The Bertz CT molecular complexity index is 666. The molecule has 0 aliphatic heterocycles. The van der Waals surface area contributed by atoms with Gasteiger partial charge in [0.2, 0.25) is 0 Å². The monoisotopic (exact) mass is 358 g/mol. The van der Waals surface area contributed by atoms with Crippen LogP contribution < -0.4 is 10.4 Å². The summed E-state index contributed by atoms with van der Waals surface area (Å²) in [5.74, 6) is -3.11. The third-order valence-electron chi connectivity index (χ3n) is 3.12. The SMILES string of the molecule is CCOC(=O)C(C(=O)[O-])=C(CC(C)C)Nc1ccccc1C(F)(F)F. The number of alkyl halides is 3. The minimum atomic E-state index is -4.64. The Labute approximate surface area is 143 Å². The highest BCUT2D eigenvalue weighted by atomic mass is 19.4. The van der Waals surface area contributed by atoms with Gasteiger partial charge in [0.1, 0.15) is 5.57 Å². The first-order valence-electron chi connectivity index (χ1n) is 7.62. The fourth-order valence-corrected chi connectivity index (χ4v) is 2.16. The van der Waals surface area contributed by atoms with Gasteiger partial charge in [-0.05, 0) is 31.4 Å². The number of esters is 1. The van der Waals surface area contributed by atoms with Crippen molar-refractivity contribution in [2.24, 2.45) is 5.92 Å². The molecule has 138 valence electrons.